The Labute approximate surface area is 192 Å². The molecule has 1 amide bonds. The number of rotatable bonds is 7. The molecule has 0 saturated heterocycles. The quantitative estimate of drug-likeness (QED) is 0.351. The number of nitrogens with zero attached hydrogens (tertiary/aromatic N) is 3. The van der Waals surface area contributed by atoms with Crippen LogP contribution in [0.2, 0.25) is 0 Å². The average Bonchev–Trinajstić information content (AvgIpc) is 3.21. The van der Waals surface area contributed by atoms with Crippen molar-refractivity contribution in [1.82, 2.24) is 14.8 Å². The van der Waals surface area contributed by atoms with Gasteiger partial charge in [0.25, 0.3) is 0 Å². The molecule has 9 heteroatoms. The SMILES string of the molecule is O=C(CSc1nnc(-c2ccccc2)n1Cc1ccccc1)Nc1cccc(C(F)(F)F)c1. The third kappa shape index (κ3) is 5.81. The van der Waals surface area contributed by atoms with Gasteiger partial charge in [-0.25, -0.2) is 0 Å². The van der Waals surface area contributed by atoms with E-state index in [1.165, 1.54) is 23.9 Å². The number of carbonyl (C=O) groups is 1. The second-order valence-corrected chi connectivity index (χ2v) is 8.10. The van der Waals surface area contributed by atoms with E-state index in [1.54, 1.807) is 0 Å². The fourth-order valence-corrected chi connectivity index (χ4v) is 3.94. The number of amides is 1. The van der Waals surface area contributed by atoms with E-state index in [0.29, 0.717) is 17.5 Å². The molecule has 0 bridgehead atoms. The van der Waals surface area contributed by atoms with E-state index in [9.17, 15) is 18.0 Å². The van der Waals surface area contributed by atoms with Gasteiger partial charge in [0, 0.05) is 11.3 Å². The molecule has 0 saturated carbocycles. The fourth-order valence-electron chi connectivity index (χ4n) is 3.21. The zero-order chi connectivity index (χ0) is 23.3. The van der Waals surface area contributed by atoms with Crippen LogP contribution < -0.4 is 5.32 Å². The molecule has 4 rings (SSSR count). The molecule has 1 aromatic heterocycles. The monoisotopic (exact) mass is 468 g/mol. The smallest absolute Gasteiger partial charge is 0.325 e. The van der Waals surface area contributed by atoms with Crippen molar-refractivity contribution in [2.45, 2.75) is 17.9 Å². The van der Waals surface area contributed by atoms with Gasteiger partial charge in [0.05, 0.1) is 17.9 Å². The van der Waals surface area contributed by atoms with E-state index in [2.05, 4.69) is 15.5 Å². The maximum Gasteiger partial charge on any atom is 0.416 e. The number of aromatic nitrogens is 3. The average molecular weight is 469 g/mol. The molecule has 1 heterocycles. The van der Waals surface area contributed by atoms with Crippen LogP contribution in [0, 0.1) is 0 Å². The number of benzene rings is 3. The lowest BCUT2D eigenvalue weighted by Gasteiger charge is -2.11. The van der Waals surface area contributed by atoms with Crippen molar-refractivity contribution in [1.29, 1.82) is 0 Å². The lowest BCUT2D eigenvalue weighted by Crippen LogP contribution is -2.15. The first-order valence-electron chi connectivity index (χ1n) is 10.0. The number of anilines is 1. The van der Waals surface area contributed by atoms with E-state index in [4.69, 9.17) is 0 Å². The van der Waals surface area contributed by atoms with Crippen LogP contribution in [-0.4, -0.2) is 26.4 Å². The lowest BCUT2D eigenvalue weighted by molar-refractivity contribution is -0.137. The van der Waals surface area contributed by atoms with E-state index in [0.717, 1.165) is 23.3 Å². The summed E-state index contributed by atoms with van der Waals surface area (Å²) in [6.07, 6.45) is -4.48. The maximum absolute atomic E-state index is 12.9. The topological polar surface area (TPSA) is 59.8 Å². The fraction of sp³-hybridized carbons (Fsp3) is 0.125. The van der Waals surface area contributed by atoms with Crippen LogP contribution >= 0.6 is 11.8 Å². The number of thioether (sulfide) groups is 1. The van der Waals surface area contributed by atoms with Crippen molar-refractivity contribution < 1.29 is 18.0 Å². The molecule has 168 valence electrons. The van der Waals surface area contributed by atoms with Gasteiger partial charge in [-0.15, -0.1) is 10.2 Å². The highest BCUT2D eigenvalue weighted by Gasteiger charge is 2.30. The predicted molar refractivity (Wildman–Crippen MR) is 122 cm³/mol. The molecule has 0 spiro atoms. The molecule has 33 heavy (non-hydrogen) atoms. The van der Waals surface area contributed by atoms with Gasteiger partial charge in [-0.1, -0.05) is 78.5 Å². The summed E-state index contributed by atoms with van der Waals surface area (Å²) < 4.78 is 40.6. The number of alkyl halides is 3. The Morgan fingerprint density at radius 2 is 1.61 bits per heavy atom. The standard InChI is InChI=1S/C24H19F3N4OS/c25-24(26,27)19-12-7-13-20(14-19)28-21(32)16-33-23-30-29-22(18-10-5-2-6-11-18)31(23)15-17-8-3-1-4-9-17/h1-14H,15-16H2,(H,28,32). The van der Waals surface area contributed by atoms with Crippen LogP contribution in [0.15, 0.2) is 90.1 Å². The highest BCUT2D eigenvalue weighted by atomic mass is 32.2. The molecule has 0 fully saturated rings. The minimum atomic E-state index is -4.48. The zero-order valence-corrected chi connectivity index (χ0v) is 18.1. The molecule has 0 aliphatic rings. The highest BCUT2D eigenvalue weighted by molar-refractivity contribution is 7.99. The van der Waals surface area contributed by atoms with Crippen molar-refractivity contribution in [2.75, 3.05) is 11.1 Å². The third-order valence-corrected chi connectivity index (χ3v) is 5.71. The van der Waals surface area contributed by atoms with Crippen molar-refractivity contribution in [3.05, 3.63) is 96.1 Å². The van der Waals surface area contributed by atoms with Gasteiger partial charge < -0.3 is 5.32 Å². The summed E-state index contributed by atoms with van der Waals surface area (Å²) in [4.78, 5) is 12.4. The Morgan fingerprint density at radius 3 is 2.30 bits per heavy atom. The Kier molecular flexibility index (Phi) is 6.79. The van der Waals surface area contributed by atoms with E-state index in [1.807, 2.05) is 65.2 Å². The molecular weight excluding hydrogens is 449 g/mol. The molecular formula is C24H19F3N4OS. The normalized spacial score (nSPS) is 11.4. The van der Waals surface area contributed by atoms with Crippen LogP contribution in [0.25, 0.3) is 11.4 Å². The zero-order valence-electron chi connectivity index (χ0n) is 17.3. The number of hydrogen-bond acceptors (Lipinski definition) is 4. The molecule has 5 nitrogen and oxygen atoms in total. The molecule has 3 aromatic carbocycles. The molecule has 4 aromatic rings. The van der Waals surface area contributed by atoms with Gasteiger partial charge in [0.1, 0.15) is 0 Å². The molecule has 0 radical (unpaired) electrons. The van der Waals surface area contributed by atoms with E-state index in [-0.39, 0.29) is 11.4 Å². The van der Waals surface area contributed by atoms with Gasteiger partial charge in [-0.2, -0.15) is 13.2 Å². The first kappa shape index (κ1) is 22.6. The summed E-state index contributed by atoms with van der Waals surface area (Å²) in [6.45, 7) is 0.510. The predicted octanol–water partition coefficient (Wildman–Crippen LogP) is 5.74. The second kappa shape index (κ2) is 9.91. The Morgan fingerprint density at radius 1 is 0.909 bits per heavy atom. The van der Waals surface area contributed by atoms with Gasteiger partial charge in [0.15, 0.2) is 11.0 Å². The van der Waals surface area contributed by atoms with Crippen LogP contribution in [0.1, 0.15) is 11.1 Å². The minimum Gasteiger partial charge on any atom is -0.325 e. The third-order valence-electron chi connectivity index (χ3n) is 4.74. The summed E-state index contributed by atoms with van der Waals surface area (Å²) >= 11 is 1.17. The molecule has 0 aliphatic heterocycles. The van der Waals surface area contributed by atoms with Crippen LogP contribution in [-0.2, 0) is 17.5 Å². The molecule has 0 aliphatic carbocycles. The number of carbonyl (C=O) groups excluding carboxylic acids is 1. The highest BCUT2D eigenvalue weighted by Crippen LogP contribution is 2.31. The Balaban J connectivity index is 1.51. The number of hydrogen-bond donors (Lipinski definition) is 1. The number of nitrogens with one attached hydrogen (secondary N) is 1. The van der Waals surface area contributed by atoms with Gasteiger partial charge in [-0.3, -0.25) is 9.36 Å². The van der Waals surface area contributed by atoms with Crippen LogP contribution in [0.3, 0.4) is 0 Å². The lowest BCUT2D eigenvalue weighted by atomic mass is 10.2. The summed E-state index contributed by atoms with van der Waals surface area (Å²) in [5.41, 5.74) is 1.21. The second-order valence-electron chi connectivity index (χ2n) is 7.16. The van der Waals surface area contributed by atoms with Crippen LogP contribution in [0.4, 0.5) is 18.9 Å². The van der Waals surface area contributed by atoms with Crippen molar-refractivity contribution >= 4 is 23.4 Å². The molecule has 1 N–H and O–H groups in total. The van der Waals surface area contributed by atoms with Crippen molar-refractivity contribution in [3.63, 3.8) is 0 Å². The summed E-state index contributed by atoms with van der Waals surface area (Å²) in [5, 5.41) is 11.6. The van der Waals surface area contributed by atoms with Crippen LogP contribution in [0.5, 0.6) is 0 Å². The Hall–Kier alpha value is -3.59. The van der Waals surface area contributed by atoms with E-state index >= 15 is 0 Å². The number of halogens is 3. The largest absolute Gasteiger partial charge is 0.416 e. The maximum atomic E-state index is 12.9. The Bertz CT molecular complexity index is 1230. The molecule has 0 atom stereocenters. The summed E-state index contributed by atoms with van der Waals surface area (Å²) in [7, 11) is 0. The van der Waals surface area contributed by atoms with Crippen molar-refractivity contribution in [3.8, 4) is 11.4 Å². The minimum absolute atomic E-state index is 0.0298. The first-order valence-corrected chi connectivity index (χ1v) is 11.0. The van der Waals surface area contributed by atoms with Gasteiger partial charge >= 0.3 is 6.18 Å². The molecule has 0 unspecified atom stereocenters. The van der Waals surface area contributed by atoms with E-state index < -0.39 is 17.6 Å². The van der Waals surface area contributed by atoms with Gasteiger partial charge in [0.2, 0.25) is 5.91 Å². The first-order chi connectivity index (χ1) is 15.9. The van der Waals surface area contributed by atoms with Crippen molar-refractivity contribution in [2.24, 2.45) is 0 Å². The van der Waals surface area contributed by atoms with Gasteiger partial charge in [-0.05, 0) is 23.8 Å². The summed E-state index contributed by atoms with van der Waals surface area (Å²) in [5.74, 6) is 0.202. The summed E-state index contributed by atoms with van der Waals surface area (Å²) in [6, 6.07) is 23.9.